The fourth-order valence-electron chi connectivity index (χ4n) is 2.51. The number of nitro groups is 1. The molecule has 1 aromatic heterocycles. The minimum absolute atomic E-state index is 0.0209. The molecular formula is C18H24N4O4. The summed E-state index contributed by atoms with van der Waals surface area (Å²) in [5, 5.41) is 14.8. The Hall–Kier alpha value is -2.77. The van der Waals surface area contributed by atoms with Gasteiger partial charge in [0, 0.05) is 37.9 Å². The number of carbonyl (C=O) groups excluding carboxylic acids is 1. The first kappa shape index (κ1) is 19.6. The quantitative estimate of drug-likeness (QED) is 0.526. The number of benzene rings is 1. The van der Waals surface area contributed by atoms with Crippen molar-refractivity contribution in [2.75, 3.05) is 7.05 Å². The van der Waals surface area contributed by atoms with Crippen LogP contribution < -0.4 is 0 Å². The normalized spacial score (nSPS) is 12.2. The Bertz CT molecular complexity index is 772. The Morgan fingerprint density at radius 1 is 1.35 bits per heavy atom. The Labute approximate surface area is 152 Å². The molecule has 2 aromatic rings. The predicted molar refractivity (Wildman–Crippen MR) is 95.6 cm³/mol. The van der Waals surface area contributed by atoms with Gasteiger partial charge in [-0.2, -0.15) is 4.98 Å². The van der Waals surface area contributed by atoms with Gasteiger partial charge in [-0.1, -0.05) is 31.1 Å². The lowest BCUT2D eigenvalue weighted by molar-refractivity contribution is -0.384. The van der Waals surface area contributed by atoms with Crippen molar-refractivity contribution >= 4 is 11.6 Å². The number of amides is 1. The zero-order valence-corrected chi connectivity index (χ0v) is 15.5. The van der Waals surface area contributed by atoms with Crippen LogP contribution in [0.3, 0.4) is 0 Å². The maximum absolute atomic E-state index is 12.4. The topological polar surface area (TPSA) is 102 Å². The highest BCUT2D eigenvalue weighted by molar-refractivity contribution is 5.76. The Morgan fingerprint density at radius 2 is 2.08 bits per heavy atom. The van der Waals surface area contributed by atoms with Crippen molar-refractivity contribution in [2.24, 2.45) is 0 Å². The molecular weight excluding hydrogens is 336 g/mol. The third-order valence-electron chi connectivity index (χ3n) is 4.32. The second kappa shape index (κ2) is 8.55. The van der Waals surface area contributed by atoms with Crippen molar-refractivity contribution in [3.63, 3.8) is 0 Å². The zero-order valence-electron chi connectivity index (χ0n) is 15.5. The van der Waals surface area contributed by atoms with E-state index in [4.69, 9.17) is 4.52 Å². The summed E-state index contributed by atoms with van der Waals surface area (Å²) in [4.78, 5) is 28.8. The monoisotopic (exact) mass is 360 g/mol. The van der Waals surface area contributed by atoms with Crippen molar-refractivity contribution < 1.29 is 14.2 Å². The molecule has 0 N–H and O–H groups in total. The molecule has 0 aliphatic heterocycles. The molecule has 26 heavy (non-hydrogen) atoms. The number of non-ortho nitro benzene ring substituents is 1. The summed E-state index contributed by atoms with van der Waals surface area (Å²) in [7, 11) is 1.70. The molecule has 1 aromatic carbocycles. The fourth-order valence-corrected chi connectivity index (χ4v) is 2.51. The Kier molecular flexibility index (Phi) is 6.43. The van der Waals surface area contributed by atoms with Crippen molar-refractivity contribution in [1.82, 2.24) is 15.0 Å². The van der Waals surface area contributed by atoms with E-state index in [1.807, 2.05) is 20.8 Å². The van der Waals surface area contributed by atoms with Gasteiger partial charge in [0.2, 0.25) is 11.8 Å². The molecule has 0 bridgehead atoms. The molecule has 8 nitrogen and oxygen atoms in total. The number of aromatic nitrogens is 2. The Morgan fingerprint density at radius 3 is 2.69 bits per heavy atom. The van der Waals surface area contributed by atoms with Gasteiger partial charge in [0.05, 0.1) is 11.0 Å². The first-order chi connectivity index (χ1) is 12.3. The van der Waals surface area contributed by atoms with Gasteiger partial charge < -0.3 is 9.42 Å². The van der Waals surface area contributed by atoms with Gasteiger partial charge in [-0.15, -0.1) is 0 Å². The molecule has 1 amide bonds. The van der Waals surface area contributed by atoms with Crippen LogP contribution in [0.25, 0.3) is 0 Å². The highest BCUT2D eigenvalue weighted by Gasteiger charge is 2.19. The van der Waals surface area contributed by atoms with Crippen LogP contribution in [0.2, 0.25) is 0 Å². The van der Waals surface area contributed by atoms with E-state index in [1.54, 1.807) is 24.1 Å². The second-order valence-corrected chi connectivity index (χ2v) is 6.59. The first-order valence-corrected chi connectivity index (χ1v) is 8.62. The lowest BCUT2D eigenvalue weighted by atomic mass is 10.1. The lowest BCUT2D eigenvalue weighted by Crippen LogP contribution is -2.29. The van der Waals surface area contributed by atoms with E-state index in [0.717, 1.165) is 5.56 Å². The molecule has 1 atom stereocenters. The average Bonchev–Trinajstić information content (AvgIpc) is 3.09. The second-order valence-electron chi connectivity index (χ2n) is 6.59. The summed E-state index contributed by atoms with van der Waals surface area (Å²) in [5.41, 5.74) is 0.751. The van der Waals surface area contributed by atoms with Crippen molar-refractivity contribution in [3.8, 4) is 0 Å². The van der Waals surface area contributed by atoms with E-state index in [2.05, 4.69) is 10.1 Å². The maximum atomic E-state index is 12.4. The number of hydrogen-bond acceptors (Lipinski definition) is 6. The molecule has 0 radical (unpaired) electrons. The third kappa shape index (κ3) is 4.87. The molecule has 0 spiro atoms. The van der Waals surface area contributed by atoms with Gasteiger partial charge >= 0.3 is 0 Å². The Balaban J connectivity index is 1.89. The number of nitro benzene ring substituents is 1. The van der Waals surface area contributed by atoms with Gasteiger partial charge in [-0.3, -0.25) is 14.9 Å². The third-order valence-corrected chi connectivity index (χ3v) is 4.32. The lowest BCUT2D eigenvalue weighted by Gasteiger charge is -2.25. The number of aryl methyl sites for hydroxylation is 1. The van der Waals surface area contributed by atoms with Crippen LogP contribution in [0.1, 0.15) is 62.9 Å². The molecule has 140 valence electrons. The summed E-state index contributed by atoms with van der Waals surface area (Å²) in [5.74, 6) is 1.38. The van der Waals surface area contributed by atoms with Gasteiger partial charge in [-0.05, 0) is 18.9 Å². The van der Waals surface area contributed by atoms with E-state index >= 15 is 0 Å². The molecule has 0 fully saturated rings. The van der Waals surface area contributed by atoms with E-state index in [1.165, 1.54) is 12.1 Å². The van der Waals surface area contributed by atoms with Crippen LogP contribution in [0.4, 0.5) is 5.69 Å². The standard InChI is InChI=1S/C18H24N4O4/c1-12(2)18-19-16(26-20-18)9-6-10-17(23)21(4)13(3)14-7-5-8-15(11-14)22(24)25/h5,7-8,11-13H,6,9-10H2,1-4H3/t13-/m0/s1. The van der Waals surface area contributed by atoms with E-state index in [0.29, 0.717) is 31.0 Å². The predicted octanol–water partition coefficient (Wildman–Crippen LogP) is 3.64. The van der Waals surface area contributed by atoms with Gasteiger partial charge in [-0.25, -0.2) is 0 Å². The summed E-state index contributed by atoms with van der Waals surface area (Å²) >= 11 is 0. The number of carbonyl (C=O) groups is 1. The summed E-state index contributed by atoms with van der Waals surface area (Å²) in [6.45, 7) is 5.83. The minimum Gasteiger partial charge on any atom is -0.339 e. The van der Waals surface area contributed by atoms with Crippen LogP contribution >= 0.6 is 0 Å². The van der Waals surface area contributed by atoms with E-state index < -0.39 is 4.92 Å². The van der Waals surface area contributed by atoms with Gasteiger partial charge in [0.15, 0.2) is 5.82 Å². The molecule has 0 saturated heterocycles. The van der Waals surface area contributed by atoms with Crippen LogP contribution in [0, 0.1) is 10.1 Å². The number of hydrogen-bond donors (Lipinski definition) is 0. The van der Waals surface area contributed by atoms with Gasteiger partial charge in [0.25, 0.3) is 5.69 Å². The minimum atomic E-state index is -0.437. The number of rotatable bonds is 8. The fraction of sp³-hybridized carbons (Fsp3) is 0.500. The molecule has 0 unspecified atom stereocenters. The highest BCUT2D eigenvalue weighted by atomic mass is 16.6. The summed E-state index contributed by atoms with van der Waals surface area (Å²) < 4.78 is 5.17. The van der Waals surface area contributed by atoms with Crippen LogP contribution in [0.15, 0.2) is 28.8 Å². The van der Waals surface area contributed by atoms with Crippen LogP contribution in [-0.2, 0) is 11.2 Å². The van der Waals surface area contributed by atoms with Crippen LogP contribution in [0.5, 0.6) is 0 Å². The average molecular weight is 360 g/mol. The number of nitrogens with zero attached hydrogens (tertiary/aromatic N) is 4. The molecule has 2 rings (SSSR count). The first-order valence-electron chi connectivity index (χ1n) is 8.62. The molecule has 0 aliphatic carbocycles. The van der Waals surface area contributed by atoms with Crippen molar-refractivity contribution in [3.05, 3.63) is 51.7 Å². The smallest absolute Gasteiger partial charge is 0.269 e. The van der Waals surface area contributed by atoms with Crippen LogP contribution in [-0.4, -0.2) is 32.9 Å². The van der Waals surface area contributed by atoms with E-state index in [-0.39, 0.29) is 23.6 Å². The largest absolute Gasteiger partial charge is 0.339 e. The SMILES string of the molecule is CC(C)c1noc(CCCC(=O)N(C)[C@@H](C)c2cccc([N+](=O)[O-])c2)n1. The van der Waals surface area contributed by atoms with Crippen molar-refractivity contribution in [1.29, 1.82) is 0 Å². The van der Waals surface area contributed by atoms with Gasteiger partial charge in [0.1, 0.15) is 0 Å². The van der Waals surface area contributed by atoms with Crippen molar-refractivity contribution in [2.45, 2.75) is 52.0 Å². The zero-order chi connectivity index (χ0) is 19.3. The molecule has 0 aliphatic rings. The summed E-state index contributed by atoms with van der Waals surface area (Å²) in [6.07, 6.45) is 1.49. The highest BCUT2D eigenvalue weighted by Crippen LogP contribution is 2.23. The van der Waals surface area contributed by atoms with E-state index in [9.17, 15) is 14.9 Å². The molecule has 8 heteroatoms. The molecule has 1 heterocycles. The molecule has 0 saturated carbocycles. The maximum Gasteiger partial charge on any atom is 0.269 e. The summed E-state index contributed by atoms with van der Waals surface area (Å²) in [6, 6.07) is 6.10.